The highest BCUT2D eigenvalue weighted by Gasteiger charge is 2.23. The van der Waals surface area contributed by atoms with Crippen molar-refractivity contribution in [3.05, 3.63) is 0 Å². The summed E-state index contributed by atoms with van der Waals surface area (Å²) in [5.74, 6) is 0.697. The van der Waals surface area contributed by atoms with E-state index in [0.29, 0.717) is 25.3 Å². The van der Waals surface area contributed by atoms with Gasteiger partial charge in [-0.25, -0.2) is 0 Å². The molecule has 2 aliphatic rings. The van der Waals surface area contributed by atoms with Crippen LogP contribution in [0.4, 0.5) is 0 Å². The van der Waals surface area contributed by atoms with E-state index in [1.54, 1.807) is 0 Å². The van der Waals surface area contributed by atoms with E-state index in [9.17, 15) is 9.59 Å². The summed E-state index contributed by atoms with van der Waals surface area (Å²) in [6.07, 6.45) is 2.03. The van der Waals surface area contributed by atoms with Crippen LogP contribution in [0.3, 0.4) is 0 Å². The van der Waals surface area contributed by atoms with Crippen LogP contribution < -0.4 is 16.0 Å². The molecule has 0 radical (unpaired) electrons. The summed E-state index contributed by atoms with van der Waals surface area (Å²) in [4.78, 5) is 22.3. The van der Waals surface area contributed by atoms with Gasteiger partial charge in [0, 0.05) is 25.4 Å². The zero-order valence-corrected chi connectivity index (χ0v) is 8.71. The van der Waals surface area contributed by atoms with Gasteiger partial charge in [-0.3, -0.25) is 9.59 Å². The molecule has 3 N–H and O–H groups in total. The topological polar surface area (TPSA) is 70.2 Å². The van der Waals surface area contributed by atoms with Crippen LogP contribution in [0, 0.1) is 5.92 Å². The van der Waals surface area contributed by atoms with Gasteiger partial charge in [0.1, 0.15) is 0 Å². The monoisotopic (exact) mass is 211 g/mol. The third-order valence-electron chi connectivity index (χ3n) is 2.97. The largest absolute Gasteiger partial charge is 0.354 e. The van der Waals surface area contributed by atoms with Crippen molar-refractivity contribution in [2.75, 3.05) is 19.6 Å². The number of rotatable bonds is 4. The molecular weight excluding hydrogens is 194 g/mol. The third-order valence-corrected chi connectivity index (χ3v) is 2.97. The summed E-state index contributed by atoms with van der Waals surface area (Å²) < 4.78 is 0. The van der Waals surface area contributed by atoms with E-state index < -0.39 is 0 Å². The minimum absolute atomic E-state index is 0.0949. The van der Waals surface area contributed by atoms with Crippen LogP contribution in [0.15, 0.2) is 0 Å². The quantitative estimate of drug-likeness (QED) is 0.558. The first-order valence-electron chi connectivity index (χ1n) is 5.51. The van der Waals surface area contributed by atoms with Gasteiger partial charge in [0.25, 0.3) is 0 Å². The Morgan fingerprint density at radius 1 is 1.47 bits per heavy atom. The fourth-order valence-electron chi connectivity index (χ4n) is 1.89. The normalized spacial score (nSPS) is 25.9. The molecule has 0 saturated carbocycles. The SMILES string of the molecule is O=C(CC1CNC1)NCC1CCC(=O)N1. The maximum atomic E-state index is 11.4. The summed E-state index contributed by atoms with van der Waals surface area (Å²) in [7, 11) is 0. The van der Waals surface area contributed by atoms with Crippen LogP contribution in [-0.4, -0.2) is 37.5 Å². The number of carbonyl (C=O) groups is 2. The predicted octanol–water partition coefficient (Wildman–Crippen LogP) is -1.01. The van der Waals surface area contributed by atoms with Gasteiger partial charge in [-0.2, -0.15) is 0 Å². The maximum Gasteiger partial charge on any atom is 0.220 e. The number of nitrogens with one attached hydrogen (secondary N) is 3. The fourth-order valence-corrected chi connectivity index (χ4v) is 1.89. The van der Waals surface area contributed by atoms with E-state index >= 15 is 0 Å². The van der Waals surface area contributed by atoms with E-state index in [4.69, 9.17) is 0 Å². The molecule has 0 aromatic carbocycles. The van der Waals surface area contributed by atoms with E-state index in [2.05, 4.69) is 16.0 Å². The Morgan fingerprint density at radius 2 is 2.27 bits per heavy atom. The van der Waals surface area contributed by atoms with Crippen LogP contribution >= 0.6 is 0 Å². The first-order valence-corrected chi connectivity index (χ1v) is 5.51. The Morgan fingerprint density at radius 3 is 2.80 bits per heavy atom. The second-order valence-electron chi connectivity index (χ2n) is 4.34. The fraction of sp³-hybridized carbons (Fsp3) is 0.800. The Kier molecular flexibility index (Phi) is 3.20. The molecule has 15 heavy (non-hydrogen) atoms. The van der Waals surface area contributed by atoms with Crippen LogP contribution in [0.1, 0.15) is 19.3 Å². The molecule has 5 nitrogen and oxygen atoms in total. The lowest BCUT2D eigenvalue weighted by Crippen LogP contribution is -2.45. The first-order chi connectivity index (χ1) is 7.24. The van der Waals surface area contributed by atoms with Crippen molar-refractivity contribution in [3.8, 4) is 0 Å². The predicted molar refractivity (Wildman–Crippen MR) is 55.2 cm³/mol. The minimum Gasteiger partial charge on any atom is -0.354 e. The Labute approximate surface area is 89.0 Å². The highest BCUT2D eigenvalue weighted by atomic mass is 16.2. The molecule has 0 spiro atoms. The molecule has 2 saturated heterocycles. The molecule has 84 valence electrons. The number of hydrogen-bond donors (Lipinski definition) is 3. The smallest absolute Gasteiger partial charge is 0.220 e. The molecule has 1 unspecified atom stereocenters. The second kappa shape index (κ2) is 4.61. The van der Waals surface area contributed by atoms with Crippen LogP contribution in [0.5, 0.6) is 0 Å². The third kappa shape index (κ3) is 2.92. The number of carbonyl (C=O) groups excluding carboxylic acids is 2. The zero-order chi connectivity index (χ0) is 10.7. The van der Waals surface area contributed by atoms with Crippen molar-refractivity contribution in [2.45, 2.75) is 25.3 Å². The van der Waals surface area contributed by atoms with Crippen molar-refractivity contribution >= 4 is 11.8 Å². The van der Waals surface area contributed by atoms with Gasteiger partial charge in [0.15, 0.2) is 0 Å². The Hall–Kier alpha value is -1.10. The Balaban J connectivity index is 1.60. The summed E-state index contributed by atoms with van der Waals surface area (Å²) in [5.41, 5.74) is 0. The highest BCUT2D eigenvalue weighted by Crippen LogP contribution is 2.08. The zero-order valence-electron chi connectivity index (χ0n) is 8.71. The van der Waals surface area contributed by atoms with Gasteiger partial charge in [0.2, 0.25) is 11.8 Å². The van der Waals surface area contributed by atoms with Crippen LogP contribution in [0.25, 0.3) is 0 Å². The standard InChI is InChI=1S/C10H17N3O2/c14-9-2-1-8(13-9)6-12-10(15)3-7-4-11-5-7/h7-8,11H,1-6H2,(H,12,15)(H,13,14). The van der Waals surface area contributed by atoms with E-state index in [-0.39, 0.29) is 17.9 Å². The highest BCUT2D eigenvalue weighted by molar-refractivity contribution is 5.79. The summed E-state index contributed by atoms with van der Waals surface area (Å²) in [6, 6.07) is 0.140. The van der Waals surface area contributed by atoms with E-state index in [0.717, 1.165) is 19.5 Å². The molecule has 2 heterocycles. The summed E-state index contributed by atoms with van der Waals surface area (Å²) in [5, 5.41) is 8.82. The first kappa shape index (κ1) is 10.4. The molecule has 0 bridgehead atoms. The molecule has 2 rings (SSSR count). The lowest BCUT2D eigenvalue weighted by molar-refractivity contribution is -0.123. The van der Waals surface area contributed by atoms with Crippen molar-refractivity contribution in [1.82, 2.24) is 16.0 Å². The van der Waals surface area contributed by atoms with Gasteiger partial charge >= 0.3 is 0 Å². The van der Waals surface area contributed by atoms with Crippen molar-refractivity contribution in [2.24, 2.45) is 5.92 Å². The second-order valence-corrected chi connectivity index (χ2v) is 4.34. The van der Waals surface area contributed by atoms with Crippen LogP contribution in [0.2, 0.25) is 0 Å². The Bertz CT molecular complexity index is 263. The molecule has 1 atom stereocenters. The van der Waals surface area contributed by atoms with Crippen molar-refractivity contribution in [1.29, 1.82) is 0 Å². The molecule has 0 aromatic heterocycles. The summed E-state index contributed by atoms with van der Waals surface area (Å²) >= 11 is 0. The molecule has 5 heteroatoms. The van der Waals surface area contributed by atoms with Gasteiger partial charge < -0.3 is 16.0 Å². The average molecular weight is 211 g/mol. The van der Waals surface area contributed by atoms with Crippen molar-refractivity contribution < 1.29 is 9.59 Å². The summed E-state index contributed by atoms with van der Waals surface area (Å²) in [6.45, 7) is 2.48. The van der Waals surface area contributed by atoms with E-state index in [1.807, 2.05) is 0 Å². The van der Waals surface area contributed by atoms with E-state index in [1.165, 1.54) is 0 Å². The average Bonchev–Trinajstić information content (AvgIpc) is 2.55. The van der Waals surface area contributed by atoms with Gasteiger partial charge in [-0.05, 0) is 25.4 Å². The van der Waals surface area contributed by atoms with Crippen LogP contribution in [-0.2, 0) is 9.59 Å². The maximum absolute atomic E-state index is 11.4. The molecule has 0 aromatic rings. The van der Waals surface area contributed by atoms with Gasteiger partial charge in [-0.1, -0.05) is 0 Å². The minimum atomic E-state index is 0.0949. The molecule has 2 fully saturated rings. The van der Waals surface area contributed by atoms with Gasteiger partial charge in [-0.15, -0.1) is 0 Å². The lowest BCUT2D eigenvalue weighted by atomic mass is 9.99. The molecule has 2 aliphatic heterocycles. The molecule has 0 aliphatic carbocycles. The lowest BCUT2D eigenvalue weighted by Gasteiger charge is -2.26. The number of hydrogen-bond acceptors (Lipinski definition) is 3. The van der Waals surface area contributed by atoms with Gasteiger partial charge in [0.05, 0.1) is 0 Å². The molecular formula is C10H17N3O2. The molecule has 2 amide bonds. The number of amides is 2. The van der Waals surface area contributed by atoms with Crippen molar-refractivity contribution in [3.63, 3.8) is 0 Å².